The van der Waals surface area contributed by atoms with Crippen molar-refractivity contribution in [2.24, 2.45) is 10.7 Å². The number of amides is 2. The lowest BCUT2D eigenvalue weighted by molar-refractivity contribution is -0.201. The van der Waals surface area contributed by atoms with Gasteiger partial charge in [0, 0.05) is 29.5 Å². The molecule has 6 bridgehead atoms. The average Bonchev–Trinajstić information content (AvgIpc) is 2.94. The number of nitrogens with two attached hydrogens (primary N) is 1. The number of rotatable bonds is 2. The Balaban J connectivity index is 0.00000189. The van der Waals surface area contributed by atoms with Crippen molar-refractivity contribution in [2.45, 2.75) is 90.2 Å². The molecule has 0 spiro atoms. The second-order valence-corrected chi connectivity index (χ2v) is 10.1. The Labute approximate surface area is 238 Å². The molecule has 0 fully saturated rings. The molecule has 2 aromatic carbocycles. The summed E-state index contributed by atoms with van der Waals surface area (Å²) in [4.78, 5) is 32.3. The number of fused-ring (bicyclic) bond motifs is 5. The van der Waals surface area contributed by atoms with E-state index in [1.54, 1.807) is 30.3 Å². The molecule has 0 aromatic heterocycles. The van der Waals surface area contributed by atoms with Gasteiger partial charge in [0.1, 0.15) is 11.5 Å². The van der Waals surface area contributed by atoms with Gasteiger partial charge in [0.05, 0.1) is 25.2 Å². The van der Waals surface area contributed by atoms with E-state index in [-0.39, 0.29) is 42.2 Å². The van der Waals surface area contributed by atoms with Crippen LogP contribution in [0.25, 0.3) is 0 Å². The molecular formula is C30H37F3N4O4. The van der Waals surface area contributed by atoms with Crippen molar-refractivity contribution in [2.75, 3.05) is 6.61 Å². The fourth-order valence-corrected chi connectivity index (χ4v) is 5.35. The highest BCUT2D eigenvalue weighted by atomic mass is 19.4. The summed E-state index contributed by atoms with van der Waals surface area (Å²) in [5, 5.41) is 2.80. The molecule has 0 radical (unpaired) electrons. The van der Waals surface area contributed by atoms with Crippen molar-refractivity contribution >= 4 is 17.8 Å². The first-order valence-electron chi connectivity index (χ1n) is 14.2. The van der Waals surface area contributed by atoms with E-state index in [2.05, 4.69) is 10.3 Å². The summed E-state index contributed by atoms with van der Waals surface area (Å²) in [7, 11) is 0. The molecule has 222 valence electrons. The minimum atomic E-state index is -4.58. The van der Waals surface area contributed by atoms with Crippen molar-refractivity contribution in [3.05, 3.63) is 58.7 Å². The molecule has 3 atom stereocenters. The maximum absolute atomic E-state index is 13.7. The molecule has 41 heavy (non-hydrogen) atoms. The van der Waals surface area contributed by atoms with Gasteiger partial charge in [-0.05, 0) is 56.0 Å². The lowest BCUT2D eigenvalue weighted by atomic mass is 9.92. The van der Waals surface area contributed by atoms with Crippen LogP contribution in [0.3, 0.4) is 0 Å². The molecule has 3 unspecified atom stereocenters. The van der Waals surface area contributed by atoms with Gasteiger partial charge in [0.15, 0.2) is 12.1 Å². The van der Waals surface area contributed by atoms with Gasteiger partial charge in [-0.1, -0.05) is 32.4 Å². The van der Waals surface area contributed by atoms with Crippen molar-refractivity contribution in [3.63, 3.8) is 0 Å². The lowest BCUT2D eigenvalue weighted by Gasteiger charge is -2.34. The number of nitrogens with one attached hydrogen (secondary N) is 1. The van der Waals surface area contributed by atoms with Crippen LogP contribution in [0.15, 0.2) is 41.4 Å². The van der Waals surface area contributed by atoms with Gasteiger partial charge in [0.25, 0.3) is 5.91 Å². The number of alkyl halides is 3. The Morgan fingerprint density at radius 2 is 1.93 bits per heavy atom. The van der Waals surface area contributed by atoms with Crippen LogP contribution in [0, 0.1) is 0 Å². The molecule has 8 nitrogen and oxygen atoms in total. The number of benzene rings is 2. The van der Waals surface area contributed by atoms with Crippen molar-refractivity contribution < 1.29 is 32.2 Å². The number of carbonyl (C=O) groups is 2. The molecular weight excluding hydrogens is 537 g/mol. The molecule has 0 saturated carbocycles. The maximum atomic E-state index is 13.7. The SMILES string of the molecule is CC.CCOc1ccc2cc1CN1C(=O)CC(CCCCc3ccc4c(c3)C(CC(C(F)(F)F)O4)NC2=O)N=C1N. The van der Waals surface area contributed by atoms with E-state index in [1.807, 2.05) is 26.8 Å². The van der Waals surface area contributed by atoms with Crippen molar-refractivity contribution in [3.8, 4) is 11.5 Å². The Morgan fingerprint density at radius 1 is 1.15 bits per heavy atom. The highest BCUT2D eigenvalue weighted by Gasteiger charge is 2.46. The van der Waals surface area contributed by atoms with Crippen LogP contribution in [0.1, 0.15) is 86.0 Å². The van der Waals surface area contributed by atoms with Gasteiger partial charge in [-0.25, -0.2) is 4.99 Å². The molecule has 2 amide bonds. The van der Waals surface area contributed by atoms with E-state index in [0.29, 0.717) is 36.3 Å². The summed E-state index contributed by atoms with van der Waals surface area (Å²) in [6, 6.07) is 8.75. The smallest absolute Gasteiger partial charge is 0.425 e. The number of halogens is 3. The van der Waals surface area contributed by atoms with Gasteiger partial charge in [0.2, 0.25) is 5.91 Å². The number of hydrogen-bond donors (Lipinski definition) is 2. The van der Waals surface area contributed by atoms with E-state index in [4.69, 9.17) is 15.2 Å². The average molecular weight is 575 g/mol. The summed E-state index contributed by atoms with van der Waals surface area (Å²) in [6.07, 6.45) is -3.84. The van der Waals surface area contributed by atoms with Crippen LogP contribution in [-0.4, -0.2) is 47.6 Å². The van der Waals surface area contributed by atoms with Crippen LogP contribution in [0.2, 0.25) is 0 Å². The Kier molecular flexibility index (Phi) is 9.45. The summed E-state index contributed by atoms with van der Waals surface area (Å²) in [5.74, 6) is 0.00956. The molecule has 2 aromatic rings. The zero-order chi connectivity index (χ0) is 29.7. The van der Waals surface area contributed by atoms with Crippen LogP contribution in [0.4, 0.5) is 13.2 Å². The van der Waals surface area contributed by atoms with Crippen LogP contribution in [-0.2, 0) is 17.8 Å². The normalized spacial score (nSPS) is 22.7. The third-order valence-corrected chi connectivity index (χ3v) is 7.35. The van der Waals surface area contributed by atoms with E-state index in [1.165, 1.54) is 4.90 Å². The minimum absolute atomic E-state index is 0.0525. The fraction of sp³-hybridized carbons (Fsp3) is 0.500. The first-order chi connectivity index (χ1) is 19.6. The van der Waals surface area contributed by atoms with Crippen molar-refractivity contribution in [1.29, 1.82) is 0 Å². The number of hydrogen-bond acceptors (Lipinski definition) is 6. The summed E-state index contributed by atoms with van der Waals surface area (Å²) in [6.45, 7) is 6.23. The number of carbonyl (C=O) groups excluding carboxylic acids is 2. The van der Waals surface area contributed by atoms with E-state index < -0.39 is 30.7 Å². The highest BCUT2D eigenvalue weighted by Crippen LogP contribution is 2.41. The standard InChI is InChI=1S/C28H31F3N4O4.C2H6/c1-2-38-22-10-8-17-12-18(22)15-35-25(36)13-19(33-27(35)32)6-4-3-5-16-7-9-23-20(11-16)21(34-26(17)37)14-24(39-23)28(29,30)31;1-2/h7-12,19,21,24H,2-6,13-15H2,1H3,(H2,32,33)(H,34,37);1-2H3. The molecule has 3 N–H and O–H groups in total. The van der Waals surface area contributed by atoms with Gasteiger partial charge < -0.3 is 20.5 Å². The topological polar surface area (TPSA) is 106 Å². The lowest BCUT2D eigenvalue weighted by Crippen LogP contribution is -2.46. The quantitative estimate of drug-likeness (QED) is 0.497. The molecule has 11 heteroatoms. The molecule has 4 aliphatic heterocycles. The van der Waals surface area contributed by atoms with Gasteiger partial charge in [-0.15, -0.1) is 0 Å². The van der Waals surface area contributed by atoms with Gasteiger partial charge in [-0.3, -0.25) is 14.5 Å². The summed E-state index contributed by atoms with van der Waals surface area (Å²) < 4.78 is 52.1. The van der Waals surface area contributed by atoms with Crippen LogP contribution >= 0.6 is 0 Å². The Bertz CT molecular complexity index is 1300. The third kappa shape index (κ3) is 6.94. The second-order valence-electron chi connectivity index (χ2n) is 10.1. The fourth-order valence-electron chi connectivity index (χ4n) is 5.35. The van der Waals surface area contributed by atoms with E-state index in [9.17, 15) is 22.8 Å². The third-order valence-electron chi connectivity index (χ3n) is 7.35. The first kappa shape index (κ1) is 30.2. The number of guanidine groups is 1. The zero-order valence-electron chi connectivity index (χ0n) is 23.6. The molecule has 0 aliphatic carbocycles. The summed E-state index contributed by atoms with van der Waals surface area (Å²) in [5.41, 5.74) is 8.42. The highest BCUT2D eigenvalue weighted by molar-refractivity contribution is 5.99. The monoisotopic (exact) mass is 574 g/mol. The first-order valence-corrected chi connectivity index (χ1v) is 14.2. The number of nitrogens with zero attached hydrogens (tertiary/aromatic N) is 2. The van der Waals surface area contributed by atoms with Crippen LogP contribution in [0.5, 0.6) is 11.5 Å². The molecule has 4 aliphatic rings. The van der Waals surface area contributed by atoms with E-state index >= 15 is 0 Å². The molecule has 4 heterocycles. The second kappa shape index (κ2) is 12.8. The van der Waals surface area contributed by atoms with Crippen LogP contribution < -0.4 is 20.5 Å². The molecule has 6 rings (SSSR count). The molecule has 0 saturated heterocycles. The van der Waals surface area contributed by atoms with Gasteiger partial charge in [-0.2, -0.15) is 13.2 Å². The number of aryl methyl sites for hydroxylation is 1. The predicted octanol–water partition coefficient (Wildman–Crippen LogP) is 5.44. The van der Waals surface area contributed by atoms with Gasteiger partial charge >= 0.3 is 6.18 Å². The Hall–Kier alpha value is -3.76. The minimum Gasteiger partial charge on any atom is -0.494 e. The largest absolute Gasteiger partial charge is 0.494 e. The van der Waals surface area contributed by atoms with E-state index in [0.717, 1.165) is 18.4 Å². The van der Waals surface area contributed by atoms with Crippen molar-refractivity contribution in [1.82, 2.24) is 10.2 Å². The maximum Gasteiger partial charge on any atom is 0.425 e. The predicted molar refractivity (Wildman–Crippen MR) is 149 cm³/mol. The summed E-state index contributed by atoms with van der Waals surface area (Å²) >= 11 is 0. The number of aliphatic imine (C=N–C) groups is 1. The number of ether oxygens (including phenoxy) is 2. The Morgan fingerprint density at radius 3 is 2.63 bits per heavy atom. The zero-order valence-corrected chi connectivity index (χ0v) is 23.6.